The zero-order valence-electron chi connectivity index (χ0n) is 8.89. The van der Waals surface area contributed by atoms with Gasteiger partial charge < -0.3 is 10.3 Å². The van der Waals surface area contributed by atoms with Gasteiger partial charge >= 0.3 is 0 Å². The summed E-state index contributed by atoms with van der Waals surface area (Å²) in [4.78, 5) is 1.37. The van der Waals surface area contributed by atoms with Gasteiger partial charge in [-0.15, -0.1) is 11.3 Å². The van der Waals surface area contributed by atoms with E-state index in [-0.39, 0.29) is 6.04 Å². The first-order valence-electron chi connectivity index (χ1n) is 5.13. The number of nitrogens with two attached hydrogens (primary N) is 1. The maximum Gasteiger partial charge on any atom is 0.0128 e. The van der Waals surface area contributed by atoms with Gasteiger partial charge in [0.1, 0.15) is 0 Å². The Morgan fingerprint density at radius 3 is 2.87 bits per heavy atom. The van der Waals surface area contributed by atoms with Crippen molar-refractivity contribution < 1.29 is 0 Å². The Labute approximate surface area is 94.3 Å². The fourth-order valence-corrected chi connectivity index (χ4v) is 2.54. The third-order valence-electron chi connectivity index (χ3n) is 2.43. The Kier molecular flexibility index (Phi) is 3.23. The predicted octanol–water partition coefficient (Wildman–Crippen LogP) is 2.20. The Hall–Kier alpha value is -1.06. The Morgan fingerprint density at radius 1 is 1.40 bits per heavy atom. The lowest BCUT2D eigenvalue weighted by atomic mass is 10.1. The number of aryl methyl sites for hydroxylation is 1. The van der Waals surface area contributed by atoms with Crippen LogP contribution < -0.4 is 5.73 Å². The average Bonchev–Trinajstić information content (AvgIpc) is 2.77. The van der Waals surface area contributed by atoms with Gasteiger partial charge in [-0.05, 0) is 35.9 Å². The van der Waals surface area contributed by atoms with E-state index in [9.17, 15) is 0 Å². The van der Waals surface area contributed by atoms with Gasteiger partial charge in [0.05, 0.1) is 0 Å². The third kappa shape index (κ3) is 2.94. The first-order chi connectivity index (χ1) is 7.24. The van der Waals surface area contributed by atoms with Crippen LogP contribution in [0.4, 0.5) is 0 Å². The van der Waals surface area contributed by atoms with Crippen LogP contribution in [0.1, 0.15) is 10.4 Å². The molecule has 15 heavy (non-hydrogen) atoms. The van der Waals surface area contributed by atoms with Crippen molar-refractivity contribution in [1.82, 2.24) is 4.57 Å². The van der Waals surface area contributed by atoms with E-state index in [1.165, 1.54) is 10.4 Å². The molecule has 0 aliphatic carbocycles. The van der Waals surface area contributed by atoms with Gasteiger partial charge in [0.15, 0.2) is 0 Å². The second-order valence-corrected chi connectivity index (χ2v) is 4.97. The standard InChI is InChI=1S/C12H16N2S/c1-14-5-4-10(9-14)7-11(13)8-12-3-2-6-15-12/h2-6,9,11H,7-8,13H2,1H3. The van der Waals surface area contributed by atoms with Gasteiger partial charge in [0.2, 0.25) is 0 Å². The summed E-state index contributed by atoms with van der Waals surface area (Å²) in [6.45, 7) is 0. The van der Waals surface area contributed by atoms with Gasteiger partial charge in [-0.25, -0.2) is 0 Å². The summed E-state index contributed by atoms with van der Waals surface area (Å²) in [6.07, 6.45) is 6.13. The van der Waals surface area contributed by atoms with E-state index in [0.29, 0.717) is 0 Å². The highest BCUT2D eigenvalue weighted by molar-refractivity contribution is 7.09. The molecule has 80 valence electrons. The molecular weight excluding hydrogens is 204 g/mol. The molecule has 0 amide bonds. The molecule has 0 aliphatic rings. The van der Waals surface area contributed by atoms with Crippen molar-refractivity contribution in [2.24, 2.45) is 12.8 Å². The molecule has 2 N–H and O–H groups in total. The van der Waals surface area contributed by atoms with Crippen molar-refractivity contribution in [3.05, 3.63) is 46.4 Å². The van der Waals surface area contributed by atoms with Gasteiger partial charge in [-0.2, -0.15) is 0 Å². The minimum absolute atomic E-state index is 0.228. The molecule has 0 saturated heterocycles. The van der Waals surface area contributed by atoms with E-state index in [2.05, 4.69) is 40.5 Å². The molecule has 1 atom stereocenters. The van der Waals surface area contributed by atoms with Crippen LogP contribution in [0.2, 0.25) is 0 Å². The zero-order valence-corrected chi connectivity index (χ0v) is 9.70. The lowest BCUT2D eigenvalue weighted by molar-refractivity contribution is 0.670. The highest BCUT2D eigenvalue weighted by atomic mass is 32.1. The first-order valence-corrected chi connectivity index (χ1v) is 6.01. The lowest BCUT2D eigenvalue weighted by Gasteiger charge is -2.08. The normalized spacial score (nSPS) is 12.9. The van der Waals surface area contributed by atoms with Crippen molar-refractivity contribution in [3.63, 3.8) is 0 Å². The van der Waals surface area contributed by atoms with Gasteiger partial charge in [0.25, 0.3) is 0 Å². The summed E-state index contributed by atoms with van der Waals surface area (Å²) in [5, 5.41) is 2.10. The van der Waals surface area contributed by atoms with E-state index in [1.807, 2.05) is 7.05 Å². The van der Waals surface area contributed by atoms with E-state index in [4.69, 9.17) is 5.73 Å². The largest absolute Gasteiger partial charge is 0.357 e. The highest BCUT2D eigenvalue weighted by Crippen LogP contribution is 2.12. The smallest absolute Gasteiger partial charge is 0.0128 e. The summed E-state index contributed by atoms with van der Waals surface area (Å²) < 4.78 is 2.06. The minimum atomic E-state index is 0.228. The fourth-order valence-electron chi connectivity index (χ4n) is 1.74. The van der Waals surface area contributed by atoms with Crippen LogP contribution in [-0.2, 0) is 19.9 Å². The predicted molar refractivity (Wildman–Crippen MR) is 65.1 cm³/mol. The van der Waals surface area contributed by atoms with Crippen LogP contribution in [0.3, 0.4) is 0 Å². The quantitative estimate of drug-likeness (QED) is 0.841. The van der Waals surface area contributed by atoms with Crippen LogP contribution in [0.25, 0.3) is 0 Å². The van der Waals surface area contributed by atoms with Crippen molar-refractivity contribution in [2.45, 2.75) is 18.9 Å². The van der Waals surface area contributed by atoms with Crippen molar-refractivity contribution in [3.8, 4) is 0 Å². The molecule has 2 aromatic rings. The molecule has 0 radical (unpaired) electrons. The van der Waals surface area contributed by atoms with Crippen LogP contribution in [0.15, 0.2) is 36.0 Å². The molecule has 2 nitrogen and oxygen atoms in total. The second-order valence-electron chi connectivity index (χ2n) is 3.93. The Balaban J connectivity index is 1.90. The van der Waals surface area contributed by atoms with E-state index >= 15 is 0 Å². The molecule has 3 heteroatoms. The third-order valence-corrected chi connectivity index (χ3v) is 3.33. The molecule has 0 fully saturated rings. The van der Waals surface area contributed by atoms with Gasteiger partial charge in [-0.1, -0.05) is 6.07 Å². The first kappa shape index (κ1) is 10.5. The number of aromatic nitrogens is 1. The summed E-state index contributed by atoms with van der Waals surface area (Å²) in [5.74, 6) is 0. The van der Waals surface area contributed by atoms with Crippen LogP contribution in [-0.4, -0.2) is 10.6 Å². The summed E-state index contributed by atoms with van der Waals surface area (Å²) in [7, 11) is 2.04. The Morgan fingerprint density at radius 2 is 2.27 bits per heavy atom. The summed E-state index contributed by atoms with van der Waals surface area (Å²) in [5.41, 5.74) is 7.42. The second kappa shape index (κ2) is 4.64. The van der Waals surface area contributed by atoms with Gasteiger partial charge in [-0.3, -0.25) is 0 Å². The molecule has 1 unspecified atom stereocenters. The molecule has 0 aromatic carbocycles. The monoisotopic (exact) mass is 220 g/mol. The fraction of sp³-hybridized carbons (Fsp3) is 0.333. The van der Waals surface area contributed by atoms with Crippen molar-refractivity contribution >= 4 is 11.3 Å². The van der Waals surface area contributed by atoms with Gasteiger partial charge in [0, 0.05) is 30.4 Å². The van der Waals surface area contributed by atoms with Crippen LogP contribution in [0, 0.1) is 0 Å². The molecule has 2 heterocycles. The van der Waals surface area contributed by atoms with Crippen molar-refractivity contribution in [2.75, 3.05) is 0 Å². The topological polar surface area (TPSA) is 30.9 Å². The molecule has 0 bridgehead atoms. The molecular formula is C12H16N2S. The zero-order chi connectivity index (χ0) is 10.7. The molecule has 0 spiro atoms. The molecule has 2 rings (SSSR count). The molecule has 2 aromatic heterocycles. The van der Waals surface area contributed by atoms with Crippen LogP contribution >= 0.6 is 11.3 Å². The maximum atomic E-state index is 6.10. The number of nitrogens with zero attached hydrogens (tertiary/aromatic N) is 1. The number of hydrogen-bond donors (Lipinski definition) is 1. The number of rotatable bonds is 4. The molecule has 0 saturated carbocycles. The van der Waals surface area contributed by atoms with E-state index in [1.54, 1.807) is 11.3 Å². The van der Waals surface area contributed by atoms with E-state index in [0.717, 1.165) is 12.8 Å². The number of hydrogen-bond acceptors (Lipinski definition) is 2. The number of thiophene rings is 1. The minimum Gasteiger partial charge on any atom is -0.357 e. The van der Waals surface area contributed by atoms with Crippen LogP contribution in [0.5, 0.6) is 0 Å². The van der Waals surface area contributed by atoms with E-state index < -0.39 is 0 Å². The van der Waals surface area contributed by atoms with Crippen molar-refractivity contribution in [1.29, 1.82) is 0 Å². The Bertz CT molecular complexity index is 403. The maximum absolute atomic E-state index is 6.10. The average molecular weight is 220 g/mol. The highest BCUT2D eigenvalue weighted by Gasteiger charge is 2.06. The lowest BCUT2D eigenvalue weighted by Crippen LogP contribution is -2.24. The summed E-state index contributed by atoms with van der Waals surface area (Å²) in [6, 6.07) is 6.59. The SMILES string of the molecule is Cn1ccc(CC(N)Cc2cccs2)c1. The summed E-state index contributed by atoms with van der Waals surface area (Å²) >= 11 is 1.78. The molecule has 0 aliphatic heterocycles.